The lowest BCUT2D eigenvalue weighted by Gasteiger charge is -2.37. The summed E-state index contributed by atoms with van der Waals surface area (Å²) in [5.74, 6) is 0.993. The first kappa shape index (κ1) is 12.5. The van der Waals surface area contributed by atoms with E-state index in [1.54, 1.807) is 0 Å². The van der Waals surface area contributed by atoms with Gasteiger partial charge in [0.1, 0.15) is 0 Å². The van der Waals surface area contributed by atoms with Crippen molar-refractivity contribution >= 4 is 5.91 Å². The van der Waals surface area contributed by atoms with Crippen LogP contribution in [-0.4, -0.2) is 37.0 Å². The van der Waals surface area contributed by atoms with E-state index in [0.717, 1.165) is 13.1 Å². The van der Waals surface area contributed by atoms with E-state index in [1.807, 2.05) is 18.9 Å². The second-order valence-corrected chi connectivity index (χ2v) is 4.53. The van der Waals surface area contributed by atoms with E-state index in [1.165, 1.54) is 19.3 Å². The van der Waals surface area contributed by atoms with Crippen LogP contribution in [-0.2, 0) is 4.79 Å². The predicted octanol–water partition coefficient (Wildman–Crippen LogP) is 1.63. The predicted molar refractivity (Wildman–Crippen MR) is 62.7 cm³/mol. The molecule has 0 bridgehead atoms. The van der Waals surface area contributed by atoms with Crippen LogP contribution in [0, 0.1) is 5.92 Å². The number of likely N-dealkylation sites (N-methyl/N-ethyl adjacent to an activating group) is 1. The van der Waals surface area contributed by atoms with Crippen LogP contribution in [0.3, 0.4) is 0 Å². The highest BCUT2D eigenvalue weighted by atomic mass is 16.2. The van der Waals surface area contributed by atoms with Crippen LogP contribution < -0.4 is 5.32 Å². The van der Waals surface area contributed by atoms with Crippen LogP contribution in [0.1, 0.15) is 39.5 Å². The van der Waals surface area contributed by atoms with Gasteiger partial charge in [0.2, 0.25) is 5.91 Å². The summed E-state index contributed by atoms with van der Waals surface area (Å²) in [5, 5.41) is 3.31. The van der Waals surface area contributed by atoms with E-state index >= 15 is 0 Å². The number of nitrogens with one attached hydrogen (secondary N) is 1. The standard InChI is InChI=1S/C12H24N2O/c1-4-6-10-7-11(13-3)9-14(8-10)12(15)5-2/h10-11,13H,4-9H2,1-3H3. The number of hydrogen-bond acceptors (Lipinski definition) is 2. The number of piperidine rings is 1. The molecule has 0 aliphatic carbocycles. The first-order valence-corrected chi connectivity index (χ1v) is 6.16. The maximum atomic E-state index is 11.7. The molecular weight excluding hydrogens is 188 g/mol. The Morgan fingerprint density at radius 1 is 1.40 bits per heavy atom. The summed E-state index contributed by atoms with van der Waals surface area (Å²) in [6.45, 7) is 6.02. The van der Waals surface area contributed by atoms with Gasteiger partial charge in [0.15, 0.2) is 0 Å². The highest BCUT2D eigenvalue weighted by Crippen LogP contribution is 2.21. The van der Waals surface area contributed by atoms with Crippen LogP contribution in [0.5, 0.6) is 0 Å². The molecule has 1 aliphatic heterocycles. The summed E-state index contributed by atoms with van der Waals surface area (Å²) in [4.78, 5) is 13.7. The smallest absolute Gasteiger partial charge is 0.222 e. The summed E-state index contributed by atoms with van der Waals surface area (Å²) in [6.07, 6.45) is 4.31. The molecule has 3 nitrogen and oxygen atoms in total. The minimum atomic E-state index is 0.302. The number of hydrogen-bond donors (Lipinski definition) is 1. The van der Waals surface area contributed by atoms with Crippen molar-refractivity contribution in [1.29, 1.82) is 0 Å². The van der Waals surface area contributed by atoms with Crippen LogP contribution >= 0.6 is 0 Å². The third-order valence-corrected chi connectivity index (χ3v) is 3.30. The largest absolute Gasteiger partial charge is 0.341 e. The molecule has 0 aromatic carbocycles. The quantitative estimate of drug-likeness (QED) is 0.768. The fraction of sp³-hybridized carbons (Fsp3) is 0.917. The average molecular weight is 212 g/mol. The molecule has 1 N–H and O–H groups in total. The van der Waals surface area contributed by atoms with Crippen LogP contribution in [0.15, 0.2) is 0 Å². The molecule has 0 radical (unpaired) electrons. The SMILES string of the molecule is CCCC1CC(NC)CN(C(=O)CC)C1. The number of likely N-dealkylation sites (tertiary alicyclic amines) is 1. The van der Waals surface area contributed by atoms with Gasteiger partial charge >= 0.3 is 0 Å². The Balaban J connectivity index is 2.54. The second kappa shape index (κ2) is 6.11. The van der Waals surface area contributed by atoms with E-state index in [2.05, 4.69) is 12.2 Å². The fourth-order valence-electron chi connectivity index (χ4n) is 2.46. The molecule has 0 aromatic rings. The number of amides is 1. The third kappa shape index (κ3) is 3.49. The van der Waals surface area contributed by atoms with Gasteiger partial charge in [-0.15, -0.1) is 0 Å². The van der Waals surface area contributed by atoms with Gasteiger partial charge in [-0.3, -0.25) is 4.79 Å². The van der Waals surface area contributed by atoms with Gasteiger partial charge in [0, 0.05) is 25.6 Å². The lowest BCUT2D eigenvalue weighted by Crippen LogP contribution is -2.50. The van der Waals surface area contributed by atoms with Crippen molar-refractivity contribution in [3.05, 3.63) is 0 Å². The van der Waals surface area contributed by atoms with E-state index in [-0.39, 0.29) is 0 Å². The monoisotopic (exact) mass is 212 g/mol. The van der Waals surface area contributed by atoms with Gasteiger partial charge in [0.25, 0.3) is 0 Å². The van der Waals surface area contributed by atoms with E-state index < -0.39 is 0 Å². The van der Waals surface area contributed by atoms with Crippen molar-refractivity contribution in [2.24, 2.45) is 5.92 Å². The maximum absolute atomic E-state index is 11.7. The van der Waals surface area contributed by atoms with E-state index in [9.17, 15) is 4.79 Å². The Labute approximate surface area is 93.2 Å². The Bertz CT molecular complexity index is 206. The number of rotatable bonds is 4. The molecule has 0 saturated carbocycles. The zero-order valence-electron chi connectivity index (χ0n) is 10.3. The summed E-state index contributed by atoms with van der Waals surface area (Å²) in [7, 11) is 1.99. The van der Waals surface area contributed by atoms with E-state index in [4.69, 9.17) is 0 Å². The molecule has 3 heteroatoms. The molecule has 1 aliphatic rings. The van der Waals surface area contributed by atoms with Gasteiger partial charge in [0.05, 0.1) is 0 Å². The first-order chi connectivity index (χ1) is 7.21. The van der Waals surface area contributed by atoms with Gasteiger partial charge in [-0.05, 0) is 25.8 Å². The molecule has 88 valence electrons. The van der Waals surface area contributed by atoms with Gasteiger partial charge in [-0.25, -0.2) is 0 Å². The summed E-state index contributed by atoms with van der Waals surface area (Å²) >= 11 is 0. The van der Waals surface area contributed by atoms with Gasteiger partial charge < -0.3 is 10.2 Å². The van der Waals surface area contributed by atoms with Crippen LogP contribution in [0.4, 0.5) is 0 Å². The van der Waals surface area contributed by atoms with Crippen molar-refractivity contribution < 1.29 is 4.79 Å². The molecule has 0 aromatic heterocycles. The third-order valence-electron chi connectivity index (χ3n) is 3.30. The lowest BCUT2D eigenvalue weighted by atomic mass is 9.90. The molecule has 1 saturated heterocycles. The Morgan fingerprint density at radius 3 is 2.67 bits per heavy atom. The summed E-state index contributed by atoms with van der Waals surface area (Å²) in [5.41, 5.74) is 0. The Morgan fingerprint density at radius 2 is 2.13 bits per heavy atom. The average Bonchev–Trinajstić information content (AvgIpc) is 2.28. The van der Waals surface area contributed by atoms with Crippen molar-refractivity contribution in [3.63, 3.8) is 0 Å². The molecule has 1 fully saturated rings. The molecular formula is C12H24N2O. The molecule has 1 heterocycles. The van der Waals surface area contributed by atoms with Gasteiger partial charge in [-0.1, -0.05) is 20.3 Å². The minimum Gasteiger partial charge on any atom is -0.341 e. The molecule has 1 rings (SSSR count). The molecule has 2 unspecified atom stereocenters. The zero-order chi connectivity index (χ0) is 11.3. The molecule has 0 spiro atoms. The highest BCUT2D eigenvalue weighted by molar-refractivity contribution is 5.76. The second-order valence-electron chi connectivity index (χ2n) is 4.53. The van der Waals surface area contributed by atoms with E-state index in [0.29, 0.717) is 24.3 Å². The van der Waals surface area contributed by atoms with Crippen molar-refractivity contribution in [1.82, 2.24) is 10.2 Å². The first-order valence-electron chi connectivity index (χ1n) is 6.16. The Kier molecular flexibility index (Phi) is 5.09. The van der Waals surface area contributed by atoms with Crippen LogP contribution in [0.25, 0.3) is 0 Å². The lowest BCUT2D eigenvalue weighted by molar-refractivity contribution is -0.133. The zero-order valence-corrected chi connectivity index (χ0v) is 10.3. The van der Waals surface area contributed by atoms with Crippen molar-refractivity contribution in [2.75, 3.05) is 20.1 Å². The Hall–Kier alpha value is -0.570. The van der Waals surface area contributed by atoms with Gasteiger partial charge in [-0.2, -0.15) is 0 Å². The summed E-state index contributed by atoms with van der Waals surface area (Å²) in [6, 6.07) is 0.491. The molecule has 1 amide bonds. The maximum Gasteiger partial charge on any atom is 0.222 e. The van der Waals surface area contributed by atoms with Crippen molar-refractivity contribution in [3.8, 4) is 0 Å². The highest BCUT2D eigenvalue weighted by Gasteiger charge is 2.27. The topological polar surface area (TPSA) is 32.3 Å². The van der Waals surface area contributed by atoms with Crippen LogP contribution in [0.2, 0.25) is 0 Å². The number of carbonyl (C=O) groups is 1. The molecule has 2 atom stereocenters. The number of carbonyl (C=O) groups excluding carboxylic acids is 1. The summed E-state index contributed by atoms with van der Waals surface area (Å²) < 4.78 is 0. The minimum absolute atomic E-state index is 0.302. The van der Waals surface area contributed by atoms with Crippen molar-refractivity contribution in [2.45, 2.75) is 45.6 Å². The normalized spacial score (nSPS) is 26.7. The fourth-order valence-corrected chi connectivity index (χ4v) is 2.46. The molecule has 15 heavy (non-hydrogen) atoms. The number of nitrogens with zero attached hydrogens (tertiary/aromatic N) is 1.